The van der Waals surface area contributed by atoms with Gasteiger partial charge in [0, 0.05) is 30.0 Å². The van der Waals surface area contributed by atoms with Gasteiger partial charge in [-0.15, -0.1) is 0 Å². The molecule has 3 heterocycles. The molecule has 1 aliphatic heterocycles. The Morgan fingerprint density at radius 1 is 1.06 bits per heavy atom. The number of carbonyl (C=O) groups excluding carboxylic acids is 2. The maximum Gasteiger partial charge on any atom is 0.275 e. The largest absolute Gasteiger partial charge is 0.379 e. The number of sulfonamides is 1. The van der Waals surface area contributed by atoms with Gasteiger partial charge in [-0.05, 0) is 38.1 Å². The number of amides is 2. The van der Waals surface area contributed by atoms with E-state index in [1.165, 1.54) is 39.3 Å². The Labute approximate surface area is 184 Å². The van der Waals surface area contributed by atoms with E-state index in [1.807, 2.05) is 13.0 Å². The molecule has 0 radical (unpaired) electrons. The molecule has 1 saturated heterocycles. The second kappa shape index (κ2) is 8.65. The fraction of sp³-hybridized carbons (Fsp3) is 0.300. The summed E-state index contributed by atoms with van der Waals surface area (Å²) in [6.07, 6.45) is 1.37. The highest BCUT2D eigenvalue weighted by atomic mass is 32.2. The van der Waals surface area contributed by atoms with Gasteiger partial charge in [-0.1, -0.05) is 6.07 Å². The Bertz CT molecular complexity index is 1300. The first-order chi connectivity index (χ1) is 15.3. The molecule has 168 valence electrons. The highest BCUT2D eigenvalue weighted by molar-refractivity contribution is 7.89. The number of hydrogen-bond acceptors (Lipinski definition) is 7. The van der Waals surface area contributed by atoms with E-state index in [4.69, 9.17) is 4.74 Å². The van der Waals surface area contributed by atoms with Crippen molar-refractivity contribution in [2.45, 2.75) is 18.7 Å². The number of hydrazine groups is 1. The van der Waals surface area contributed by atoms with Gasteiger partial charge in [-0.25, -0.2) is 17.9 Å². The standard InChI is InChI=1S/C20H22N6O5S/c1-13-10-14(2)26-18(22-13)17(12-21-26)20(28)24-23-19(27)15-4-3-5-16(11-15)32(29,30)25-6-8-31-9-7-25/h3-5,10-12H,6-9H2,1-2H3,(H,23,27)(H,24,28). The van der Waals surface area contributed by atoms with Crippen molar-refractivity contribution in [2.75, 3.05) is 26.3 Å². The summed E-state index contributed by atoms with van der Waals surface area (Å²) >= 11 is 0. The number of carbonyl (C=O) groups is 2. The molecule has 0 saturated carbocycles. The minimum atomic E-state index is -3.75. The number of morpholine rings is 1. The maximum atomic E-state index is 12.8. The van der Waals surface area contributed by atoms with Crippen LogP contribution in [0.5, 0.6) is 0 Å². The summed E-state index contributed by atoms with van der Waals surface area (Å²) in [4.78, 5) is 29.5. The molecule has 2 aromatic heterocycles. The Morgan fingerprint density at radius 2 is 1.78 bits per heavy atom. The second-order valence-corrected chi connectivity index (χ2v) is 9.22. The number of fused-ring (bicyclic) bond motifs is 1. The fourth-order valence-electron chi connectivity index (χ4n) is 3.42. The number of rotatable bonds is 4. The minimum Gasteiger partial charge on any atom is -0.379 e. The average Bonchev–Trinajstić information content (AvgIpc) is 3.22. The lowest BCUT2D eigenvalue weighted by Crippen LogP contribution is -2.42. The normalized spacial score (nSPS) is 14.9. The molecule has 2 amide bonds. The van der Waals surface area contributed by atoms with Gasteiger partial charge in [0.05, 0.1) is 24.3 Å². The fourth-order valence-corrected chi connectivity index (χ4v) is 4.87. The smallest absolute Gasteiger partial charge is 0.275 e. The molecule has 1 fully saturated rings. The first-order valence-electron chi connectivity index (χ1n) is 9.88. The SMILES string of the molecule is Cc1cc(C)n2ncc(C(=O)NNC(=O)c3cccc(S(=O)(=O)N4CCOCC4)c3)c2n1. The summed E-state index contributed by atoms with van der Waals surface area (Å²) in [7, 11) is -3.75. The van der Waals surface area contributed by atoms with Crippen molar-refractivity contribution < 1.29 is 22.7 Å². The first kappa shape index (κ1) is 21.9. The van der Waals surface area contributed by atoms with Crippen LogP contribution in [0.1, 0.15) is 32.1 Å². The van der Waals surface area contributed by atoms with E-state index in [0.717, 1.165) is 11.4 Å². The van der Waals surface area contributed by atoms with E-state index in [0.29, 0.717) is 18.9 Å². The van der Waals surface area contributed by atoms with Crippen LogP contribution in [0.4, 0.5) is 0 Å². The number of nitrogens with one attached hydrogen (secondary N) is 2. The Morgan fingerprint density at radius 3 is 2.53 bits per heavy atom. The lowest BCUT2D eigenvalue weighted by atomic mass is 10.2. The quantitative estimate of drug-likeness (QED) is 0.542. The van der Waals surface area contributed by atoms with Crippen LogP contribution < -0.4 is 10.9 Å². The summed E-state index contributed by atoms with van der Waals surface area (Å²) in [5.74, 6) is -1.25. The Balaban J connectivity index is 1.48. The zero-order valence-corrected chi connectivity index (χ0v) is 18.3. The van der Waals surface area contributed by atoms with Gasteiger partial charge in [0.2, 0.25) is 10.0 Å². The molecular formula is C20H22N6O5S. The Hall–Kier alpha value is -3.35. The van der Waals surface area contributed by atoms with Gasteiger partial charge < -0.3 is 4.74 Å². The molecule has 11 nitrogen and oxygen atoms in total. The first-order valence-corrected chi connectivity index (χ1v) is 11.3. The van der Waals surface area contributed by atoms with Crippen LogP contribution in [0.15, 0.2) is 41.4 Å². The van der Waals surface area contributed by atoms with Crippen molar-refractivity contribution in [1.29, 1.82) is 0 Å². The molecule has 0 spiro atoms. The number of nitrogens with zero attached hydrogens (tertiary/aromatic N) is 4. The number of aromatic nitrogens is 3. The topological polar surface area (TPSA) is 135 Å². The van der Waals surface area contributed by atoms with E-state index in [1.54, 1.807) is 6.92 Å². The van der Waals surface area contributed by atoms with Crippen LogP contribution in [0, 0.1) is 13.8 Å². The second-order valence-electron chi connectivity index (χ2n) is 7.29. The molecule has 4 rings (SSSR count). The molecular weight excluding hydrogens is 436 g/mol. The summed E-state index contributed by atoms with van der Waals surface area (Å²) in [6.45, 7) is 4.80. The zero-order chi connectivity index (χ0) is 22.9. The third kappa shape index (κ3) is 4.20. The monoisotopic (exact) mass is 458 g/mol. The molecule has 0 aliphatic carbocycles. The highest BCUT2D eigenvalue weighted by Crippen LogP contribution is 2.18. The number of ether oxygens (including phenoxy) is 1. The predicted molar refractivity (Wildman–Crippen MR) is 113 cm³/mol. The van der Waals surface area contributed by atoms with Crippen LogP contribution in [0.2, 0.25) is 0 Å². The van der Waals surface area contributed by atoms with Gasteiger partial charge >= 0.3 is 0 Å². The zero-order valence-electron chi connectivity index (χ0n) is 17.5. The van der Waals surface area contributed by atoms with Crippen molar-refractivity contribution in [2.24, 2.45) is 0 Å². The third-order valence-corrected chi connectivity index (χ3v) is 6.91. The number of hydrogen-bond donors (Lipinski definition) is 2. The lowest BCUT2D eigenvalue weighted by Gasteiger charge is -2.26. The molecule has 12 heteroatoms. The number of aryl methyl sites for hydroxylation is 2. The Kier molecular flexibility index (Phi) is 5.91. The summed E-state index contributed by atoms with van der Waals surface area (Å²) in [6, 6.07) is 7.47. The van der Waals surface area contributed by atoms with Crippen LogP contribution >= 0.6 is 0 Å². The van der Waals surface area contributed by atoms with Crippen molar-refractivity contribution in [1.82, 2.24) is 29.8 Å². The van der Waals surface area contributed by atoms with E-state index in [-0.39, 0.29) is 29.1 Å². The molecule has 2 N–H and O–H groups in total. The average molecular weight is 459 g/mol. The number of benzene rings is 1. The summed E-state index contributed by atoms with van der Waals surface area (Å²) in [5.41, 5.74) is 6.83. The van der Waals surface area contributed by atoms with Gasteiger partial charge in [0.1, 0.15) is 5.56 Å². The van der Waals surface area contributed by atoms with Crippen molar-refractivity contribution in [3.8, 4) is 0 Å². The molecule has 32 heavy (non-hydrogen) atoms. The van der Waals surface area contributed by atoms with Crippen LogP contribution in [0.25, 0.3) is 5.65 Å². The molecule has 1 aliphatic rings. The summed E-state index contributed by atoms with van der Waals surface area (Å²) < 4.78 is 33.7. The highest BCUT2D eigenvalue weighted by Gasteiger charge is 2.27. The predicted octanol–water partition coefficient (Wildman–Crippen LogP) is 0.442. The molecule has 0 atom stereocenters. The van der Waals surface area contributed by atoms with E-state index in [2.05, 4.69) is 20.9 Å². The lowest BCUT2D eigenvalue weighted by molar-refractivity contribution is 0.0730. The van der Waals surface area contributed by atoms with Crippen molar-refractivity contribution in [3.05, 3.63) is 59.0 Å². The van der Waals surface area contributed by atoms with E-state index >= 15 is 0 Å². The van der Waals surface area contributed by atoms with Gasteiger partial charge in [-0.3, -0.25) is 20.4 Å². The van der Waals surface area contributed by atoms with E-state index < -0.39 is 21.8 Å². The van der Waals surface area contributed by atoms with Crippen LogP contribution in [0.3, 0.4) is 0 Å². The summed E-state index contributed by atoms with van der Waals surface area (Å²) in [5, 5.41) is 4.15. The van der Waals surface area contributed by atoms with E-state index in [9.17, 15) is 18.0 Å². The molecule has 3 aromatic rings. The van der Waals surface area contributed by atoms with Crippen LogP contribution in [-0.2, 0) is 14.8 Å². The third-order valence-electron chi connectivity index (χ3n) is 5.02. The molecule has 0 bridgehead atoms. The van der Waals surface area contributed by atoms with Gasteiger partial charge in [0.25, 0.3) is 11.8 Å². The minimum absolute atomic E-state index is 0.00356. The maximum absolute atomic E-state index is 12.8. The molecule has 0 unspecified atom stereocenters. The van der Waals surface area contributed by atoms with Crippen molar-refractivity contribution in [3.63, 3.8) is 0 Å². The van der Waals surface area contributed by atoms with Crippen LogP contribution in [-0.4, -0.2) is 65.4 Å². The molecule has 1 aromatic carbocycles. The van der Waals surface area contributed by atoms with Crippen molar-refractivity contribution >= 4 is 27.5 Å². The van der Waals surface area contributed by atoms with Gasteiger partial charge in [-0.2, -0.15) is 9.40 Å². The van der Waals surface area contributed by atoms with Gasteiger partial charge in [0.15, 0.2) is 5.65 Å².